The molecule has 1 aromatic heterocycles. The second kappa shape index (κ2) is 4.04. The monoisotopic (exact) mass is 236 g/mol. The van der Waals surface area contributed by atoms with Crippen molar-refractivity contribution in [2.45, 2.75) is 6.42 Å². The quantitative estimate of drug-likeness (QED) is 0.775. The van der Waals surface area contributed by atoms with Gasteiger partial charge in [0.05, 0.1) is 11.8 Å². The van der Waals surface area contributed by atoms with Crippen LogP contribution >= 0.6 is 0 Å². The first-order chi connectivity index (χ1) is 8.00. The Bertz CT molecular complexity index is 535. The van der Waals surface area contributed by atoms with Crippen LogP contribution in [0.25, 0.3) is 0 Å². The molecule has 1 amide bonds. The van der Waals surface area contributed by atoms with E-state index in [0.717, 1.165) is 0 Å². The van der Waals surface area contributed by atoms with Crippen LogP contribution in [0.1, 0.15) is 6.42 Å². The molecule has 6 nitrogen and oxygen atoms in total. The Morgan fingerprint density at radius 2 is 2.18 bits per heavy atom. The number of amides is 1. The molecule has 0 aliphatic heterocycles. The summed E-state index contributed by atoms with van der Waals surface area (Å²) in [5.41, 5.74) is -0.135. The van der Waals surface area contributed by atoms with Crippen LogP contribution in [0, 0.1) is 11.8 Å². The number of carboxylic acids is 1. The maximum absolute atomic E-state index is 11.6. The van der Waals surface area contributed by atoms with Crippen molar-refractivity contribution in [1.82, 2.24) is 4.57 Å². The smallest absolute Gasteiger partial charge is 0.307 e. The number of nitrogens with zero attached hydrogens (tertiary/aromatic N) is 1. The van der Waals surface area contributed by atoms with Gasteiger partial charge in [-0.3, -0.25) is 14.4 Å². The molecule has 2 atom stereocenters. The summed E-state index contributed by atoms with van der Waals surface area (Å²) in [4.78, 5) is 33.8. The third kappa shape index (κ3) is 2.20. The molecule has 0 spiro atoms. The lowest BCUT2D eigenvalue weighted by Gasteiger charge is -2.04. The summed E-state index contributed by atoms with van der Waals surface area (Å²) < 4.78 is 1.34. The Morgan fingerprint density at radius 3 is 2.76 bits per heavy atom. The second-order valence-corrected chi connectivity index (χ2v) is 4.11. The third-order valence-electron chi connectivity index (χ3n) is 2.83. The average Bonchev–Trinajstić information content (AvgIpc) is 3.04. The predicted octanol–water partition coefficient (Wildman–Crippen LogP) is 0.0445. The van der Waals surface area contributed by atoms with Crippen LogP contribution < -0.4 is 10.9 Å². The molecule has 2 N–H and O–H groups in total. The van der Waals surface area contributed by atoms with Crippen molar-refractivity contribution in [3.05, 3.63) is 28.7 Å². The number of rotatable bonds is 3. The molecule has 90 valence electrons. The topological polar surface area (TPSA) is 88.4 Å². The van der Waals surface area contributed by atoms with E-state index in [9.17, 15) is 14.4 Å². The van der Waals surface area contributed by atoms with E-state index >= 15 is 0 Å². The lowest BCUT2D eigenvalue weighted by atomic mass is 10.3. The number of aliphatic carboxylic acids is 1. The molecule has 0 saturated heterocycles. The fourth-order valence-corrected chi connectivity index (χ4v) is 1.68. The molecule has 6 heteroatoms. The summed E-state index contributed by atoms with van der Waals surface area (Å²) >= 11 is 0. The van der Waals surface area contributed by atoms with Gasteiger partial charge < -0.3 is 15.0 Å². The van der Waals surface area contributed by atoms with Gasteiger partial charge in [0.15, 0.2) is 0 Å². The number of carbonyl (C=O) groups is 2. The zero-order valence-corrected chi connectivity index (χ0v) is 9.21. The molecule has 0 radical (unpaired) electrons. The molecule has 0 bridgehead atoms. The Morgan fingerprint density at radius 1 is 1.47 bits per heavy atom. The van der Waals surface area contributed by atoms with Crippen LogP contribution in [0.15, 0.2) is 23.1 Å². The molecule has 0 aromatic carbocycles. The van der Waals surface area contributed by atoms with Crippen molar-refractivity contribution in [2.75, 3.05) is 5.32 Å². The van der Waals surface area contributed by atoms with E-state index in [1.165, 1.54) is 10.6 Å². The molecule has 2 rings (SSSR count). The molecule has 17 heavy (non-hydrogen) atoms. The van der Waals surface area contributed by atoms with Crippen LogP contribution in [-0.2, 0) is 16.6 Å². The summed E-state index contributed by atoms with van der Waals surface area (Å²) in [6.45, 7) is 0. The van der Waals surface area contributed by atoms with Gasteiger partial charge in [-0.05, 0) is 18.6 Å². The maximum atomic E-state index is 11.6. The number of nitrogens with one attached hydrogen (secondary N) is 1. The van der Waals surface area contributed by atoms with Gasteiger partial charge in [0.25, 0.3) is 5.56 Å². The predicted molar refractivity (Wildman–Crippen MR) is 59.5 cm³/mol. The fraction of sp³-hybridized carbons (Fsp3) is 0.364. The minimum Gasteiger partial charge on any atom is -0.481 e. The molecule has 1 aromatic rings. The number of aromatic nitrogens is 1. The SMILES string of the molecule is Cn1cccc(NC(=O)C2CC2C(=O)O)c1=O. The Labute approximate surface area is 96.9 Å². The minimum absolute atomic E-state index is 0.177. The van der Waals surface area contributed by atoms with Gasteiger partial charge >= 0.3 is 5.97 Å². The van der Waals surface area contributed by atoms with Gasteiger partial charge in [0, 0.05) is 13.2 Å². The molecule has 2 unspecified atom stereocenters. The van der Waals surface area contributed by atoms with Crippen molar-refractivity contribution in [2.24, 2.45) is 18.9 Å². The van der Waals surface area contributed by atoms with Crippen LogP contribution in [0.2, 0.25) is 0 Å². The van der Waals surface area contributed by atoms with Gasteiger partial charge in [-0.25, -0.2) is 0 Å². The minimum atomic E-state index is -0.967. The van der Waals surface area contributed by atoms with E-state index in [0.29, 0.717) is 6.42 Å². The van der Waals surface area contributed by atoms with Gasteiger partial charge in [-0.2, -0.15) is 0 Å². The van der Waals surface area contributed by atoms with Crippen LogP contribution in [0.5, 0.6) is 0 Å². The van der Waals surface area contributed by atoms with Crippen molar-refractivity contribution >= 4 is 17.6 Å². The van der Waals surface area contributed by atoms with Crippen LogP contribution in [-0.4, -0.2) is 21.6 Å². The molecular formula is C11H12N2O4. The van der Waals surface area contributed by atoms with Crippen LogP contribution in [0.4, 0.5) is 5.69 Å². The van der Waals surface area contributed by atoms with Gasteiger partial charge in [0.1, 0.15) is 5.69 Å². The summed E-state index contributed by atoms with van der Waals surface area (Å²) in [6.07, 6.45) is 1.92. The zero-order chi connectivity index (χ0) is 12.6. The summed E-state index contributed by atoms with van der Waals surface area (Å²) in [5.74, 6) is -2.49. The van der Waals surface area contributed by atoms with E-state index in [4.69, 9.17) is 5.11 Å². The highest BCUT2D eigenvalue weighted by molar-refractivity contribution is 5.98. The van der Waals surface area contributed by atoms with Crippen LogP contribution in [0.3, 0.4) is 0 Å². The van der Waals surface area contributed by atoms with E-state index in [2.05, 4.69) is 5.32 Å². The number of hydrogen-bond acceptors (Lipinski definition) is 3. The normalized spacial score (nSPS) is 21.9. The second-order valence-electron chi connectivity index (χ2n) is 4.11. The van der Waals surface area contributed by atoms with E-state index in [-0.39, 0.29) is 11.2 Å². The maximum Gasteiger partial charge on any atom is 0.307 e. The number of carbonyl (C=O) groups excluding carboxylic acids is 1. The third-order valence-corrected chi connectivity index (χ3v) is 2.83. The molecule has 1 saturated carbocycles. The zero-order valence-electron chi connectivity index (χ0n) is 9.21. The van der Waals surface area contributed by atoms with Crippen molar-refractivity contribution in [1.29, 1.82) is 0 Å². The van der Waals surface area contributed by atoms with Crippen molar-refractivity contribution < 1.29 is 14.7 Å². The molecule has 1 heterocycles. The summed E-state index contributed by atoms with van der Waals surface area (Å²) in [6, 6.07) is 3.14. The molecule has 1 fully saturated rings. The van der Waals surface area contributed by atoms with E-state index in [1.807, 2.05) is 0 Å². The lowest BCUT2D eigenvalue weighted by Crippen LogP contribution is -2.25. The lowest BCUT2D eigenvalue weighted by molar-refractivity contribution is -0.139. The largest absolute Gasteiger partial charge is 0.481 e. The standard InChI is InChI=1S/C11H12N2O4/c1-13-4-2-3-8(10(13)15)12-9(14)6-5-7(6)11(16)17/h2-4,6-7H,5H2,1H3,(H,12,14)(H,16,17). The molecular weight excluding hydrogens is 224 g/mol. The first-order valence-electron chi connectivity index (χ1n) is 5.20. The van der Waals surface area contributed by atoms with Gasteiger partial charge in [0.2, 0.25) is 5.91 Å². The van der Waals surface area contributed by atoms with Crippen molar-refractivity contribution in [3.8, 4) is 0 Å². The number of aryl methyl sites for hydroxylation is 1. The Hall–Kier alpha value is -2.11. The Balaban J connectivity index is 2.08. The number of anilines is 1. The van der Waals surface area contributed by atoms with E-state index in [1.54, 1.807) is 19.3 Å². The number of pyridine rings is 1. The highest BCUT2D eigenvalue weighted by Crippen LogP contribution is 2.39. The number of carboxylic acid groups (broad SMARTS) is 1. The number of hydrogen-bond donors (Lipinski definition) is 2. The van der Waals surface area contributed by atoms with Gasteiger partial charge in [-0.15, -0.1) is 0 Å². The first kappa shape index (κ1) is 11.4. The molecule has 1 aliphatic carbocycles. The highest BCUT2D eigenvalue weighted by Gasteiger charge is 2.48. The molecule has 1 aliphatic rings. The fourth-order valence-electron chi connectivity index (χ4n) is 1.68. The Kier molecular flexibility index (Phi) is 2.71. The first-order valence-corrected chi connectivity index (χ1v) is 5.20. The van der Waals surface area contributed by atoms with Gasteiger partial charge in [-0.1, -0.05) is 0 Å². The summed E-state index contributed by atoms with van der Waals surface area (Å²) in [7, 11) is 1.58. The van der Waals surface area contributed by atoms with Crippen molar-refractivity contribution in [3.63, 3.8) is 0 Å². The summed E-state index contributed by atoms with van der Waals surface area (Å²) in [5, 5.41) is 11.2. The average molecular weight is 236 g/mol. The highest BCUT2D eigenvalue weighted by atomic mass is 16.4. The van der Waals surface area contributed by atoms with E-state index < -0.39 is 23.7 Å².